The van der Waals surface area contributed by atoms with E-state index in [1.54, 1.807) is 24.3 Å². The van der Waals surface area contributed by atoms with Crippen molar-refractivity contribution in [1.29, 1.82) is 5.26 Å². The molecule has 0 spiro atoms. The number of carboxylic acid groups (broad SMARTS) is 1. The summed E-state index contributed by atoms with van der Waals surface area (Å²) >= 11 is 12.6. The van der Waals surface area contributed by atoms with E-state index in [0.29, 0.717) is 18.7 Å². The number of carbonyl (C=O) groups is 2. The summed E-state index contributed by atoms with van der Waals surface area (Å²) in [6.07, 6.45) is 3.21. The van der Waals surface area contributed by atoms with E-state index in [1.807, 2.05) is 6.07 Å². The molecule has 1 amide bonds. The van der Waals surface area contributed by atoms with E-state index in [-0.39, 0.29) is 39.6 Å². The molecule has 1 aliphatic rings. The van der Waals surface area contributed by atoms with Crippen molar-refractivity contribution in [2.75, 3.05) is 13.2 Å². The van der Waals surface area contributed by atoms with Crippen LogP contribution in [0.2, 0.25) is 10.0 Å². The molecule has 3 rings (SSSR count). The van der Waals surface area contributed by atoms with Crippen LogP contribution in [0.5, 0.6) is 5.75 Å². The van der Waals surface area contributed by atoms with Gasteiger partial charge >= 0.3 is 5.97 Å². The number of benzene rings is 2. The summed E-state index contributed by atoms with van der Waals surface area (Å²) in [6, 6.07) is 11.2. The Morgan fingerprint density at radius 2 is 1.94 bits per heavy atom. The molecule has 1 saturated heterocycles. The van der Waals surface area contributed by atoms with E-state index in [1.165, 1.54) is 18.2 Å². The minimum atomic E-state index is -1.01. The fraction of sp³-hybridized carbons (Fsp3) is 0.261. The number of amides is 1. The molecule has 32 heavy (non-hydrogen) atoms. The normalized spacial score (nSPS) is 15.8. The number of hydrogen-bond donors (Lipinski definition) is 2. The first-order chi connectivity index (χ1) is 15.4. The molecule has 1 heterocycles. The Morgan fingerprint density at radius 1 is 1.25 bits per heavy atom. The highest BCUT2D eigenvalue weighted by molar-refractivity contribution is 6.37. The Hall–Kier alpha value is -3.05. The van der Waals surface area contributed by atoms with Gasteiger partial charge in [-0.25, -0.2) is 4.79 Å². The van der Waals surface area contributed by atoms with Gasteiger partial charge in [-0.15, -0.1) is 0 Å². The third kappa shape index (κ3) is 6.24. The number of hydrogen-bond acceptors (Lipinski definition) is 5. The summed E-state index contributed by atoms with van der Waals surface area (Å²) in [5.41, 5.74) is 1.30. The third-order valence-electron chi connectivity index (χ3n) is 4.80. The van der Waals surface area contributed by atoms with Crippen molar-refractivity contribution in [1.82, 2.24) is 5.32 Å². The summed E-state index contributed by atoms with van der Waals surface area (Å²) in [5.74, 6) is -1.26. The molecule has 0 aromatic heterocycles. The van der Waals surface area contributed by atoms with Gasteiger partial charge in [0.2, 0.25) is 0 Å². The van der Waals surface area contributed by atoms with Crippen molar-refractivity contribution in [3.8, 4) is 11.8 Å². The summed E-state index contributed by atoms with van der Waals surface area (Å²) in [7, 11) is 0. The van der Waals surface area contributed by atoms with Gasteiger partial charge in [0.15, 0.2) is 5.75 Å². The first-order valence-electron chi connectivity index (χ1n) is 9.83. The summed E-state index contributed by atoms with van der Waals surface area (Å²) in [6.45, 7) is 1.16. The van der Waals surface area contributed by atoms with E-state index in [0.717, 1.165) is 18.4 Å². The maximum absolute atomic E-state index is 12.3. The summed E-state index contributed by atoms with van der Waals surface area (Å²) < 4.78 is 11.2. The Balaban J connectivity index is 1.67. The zero-order valence-corrected chi connectivity index (χ0v) is 18.4. The van der Waals surface area contributed by atoms with Gasteiger partial charge in [-0.1, -0.05) is 35.3 Å². The molecule has 9 heteroatoms. The molecular formula is C23H20Cl2N2O5. The summed E-state index contributed by atoms with van der Waals surface area (Å²) in [4.78, 5) is 23.2. The Morgan fingerprint density at radius 3 is 2.50 bits per heavy atom. The van der Waals surface area contributed by atoms with Crippen LogP contribution in [0.15, 0.2) is 42.0 Å². The predicted octanol–water partition coefficient (Wildman–Crippen LogP) is 4.47. The fourth-order valence-corrected chi connectivity index (χ4v) is 3.74. The molecule has 1 atom stereocenters. The van der Waals surface area contributed by atoms with Gasteiger partial charge in [0, 0.05) is 13.2 Å². The fourth-order valence-electron chi connectivity index (χ4n) is 3.12. The molecular weight excluding hydrogens is 455 g/mol. The van der Waals surface area contributed by atoms with Gasteiger partial charge in [0.25, 0.3) is 5.91 Å². The highest BCUT2D eigenvalue weighted by Crippen LogP contribution is 2.35. The van der Waals surface area contributed by atoms with Crippen molar-refractivity contribution < 1.29 is 24.2 Å². The summed E-state index contributed by atoms with van der Waals surface area (Å²) in [5, 5.41) is 21.4. The van der Waals surface area contributed by atoms with Crippen molar-refractivity contribution in [2.24, 2.45) is 0 Å². The zero-order valence-electron chi connectivity index (χ0n) is 16.9. The number of ether oxygens (including phenoxy) is 2. The van der Waals surface area contributed by atoms with Crippen LogP contribution in [0.25, 0.3) is 6.08 Å². The van der Waals surface area contributed by atoms with Crippen LogP contribution < -0.4 is 10.1 Å². The molecule has 7 nitrogen and oxygen atoms in total. The van der Waals surface area contributed by atoms with Gasteiger partial charge in [0.05, 0.1) is 21.7 Å². The molecule has 2 aromatic rings. The third-order valence-corrected chi connectivity index (χ3v) is 5.36. The van der Waals surface area contributed by atoms with Crippen molar-refractivity contribution in [3.05, 3.63) is 68.7 Å². The number of rotatable bonds is 8. The van der Waals surface area contributed by atoms with Crippen molar-refractivity contribution in [2.45, 2.75) is 25.6 Å². The van der Waals surface area contributed by atoms with Crippen LogP contribution in [0.4, 0.5) is 0 Å². The van der Waals surface area contributed by atoms with Gasteiger partial charge < -0.3 is 19.9 Å². The van der Waals surface area contributed by atoms with Gasteiger partial charge in [-0.2, -0.15) is 5.26 Å². The van der Waals surface area contributed by atoms with Crippen molar-refractivity contribution in [3.63, 3.8) is 0 Å². The zero-order chi connectivity index (χ0) is 23.1. The van der Waals surface area contributed by atoms with E-state index < -0.39 is 11.9 Å². The van der Waals surface area contributed by atoms with E-state index in [4.69, 9.17) is 37.8 Å². The maximum Gasteiger partial charge on any atom is 0.335 e. The molecule has 0 aliphatic carbocycles. The Labute approximate surface area is 195 Å². The van der Waals surface area contributed by atoms with Gasteiger partial charge in [-0.3, -0.25) is 4.79 Å². The molecule has 0 bridgehead atoms. The monoisotopic (exact) mass is 474 g/mol. The second-order valence-corrected chi connectivity index (χ2v) is 7.93. The first-order valence-corrected chi connectivity index (χ1v) is 10.6. The number of halogens is 2. The van der Waals surface area contributed by atoms with Gasteiger partial charge in [-0.05, 0) is 54.3 Å². The minimum absolute atomic E-state index is 0.0282. The van der Waals surface area contributed by atoms with Crippen LogP contribution in [-0.2, 0) is 16.1 Å². The van der Waals surface area contributed by atoms with E-state index in [9.17, 15) is 14.9 Å². The Kier molecular flexibility index (Phi) is 8.12. The minimum Gasteiger partial charge on any atom is -0.486 e. The average Bonchev–Trinajstić information content (AvgIpc) is 3.29. The highest BCUT2D eigenvalue weighted by atomic mass is 35.5. The molecule has 0 saturated carbocycles. The number of nitriles is 1. The van der Waals surface area contributed by atoms with E-state index in [2.05, 4.69) is 5.32 Å². The number of nitrogens with one attached hydrogen (secondary N) is 1. The lowest BCUT2D eigenvalue weighted by atomic mass is 10.1. The average molecular weight is 475 g/mol. The molecule has 0 radical (unpaired) electrons. The molecule has 166 valence electrons. The lowest BCUT2D eigenvalue weighted by molar-refractivity contribution is -0.117. The van der Waals surface area contributed by atoms with Crippen molar-refractivity contribution >= 4 is 41.2 Å². The smallest absolute Gasteiger partial charge is 0.335 e. The first kappa shape index (κ1) is 23.6. The molecule has 1 fully saturated rings. The molecule has 2 N–H and O–H groups in total. The quantitative estimate of drug-likeness (QED) is 0.431. The van der Waals surface area contributed by atoms with Crippen LogP contribution in [0, 0.1) is 11.3 Å². The van der Waals surface area contributed by atoms with Crippen LogP contribution in [-0.4, -0.2) is 36.2 Å². The number of carbonyl (C=O) groups excluding carboxylic acids is 1. The molecule has 0 unspecified atom stereocenters. The number of nitrogens with zero attached hydrogens (tertiary/aromatic N) is 1. The molecule has 2 aromatic carbocycles. The number of aromatic carboxylic acids is 1. The maximum atomic E-state index is 12.3. The highest BCUT2D eigenvalue weighted by Gasteiger charge is 2.18. The second kappa shape index (κ2) is 11.0. The van der Waals surface area contributed by atoms with Crippen LogP contribution in [0.3, 0.4) is 0 Å². The van der Waals surface area contributed by atoms with Crippen LogP contribution >= 0.6 is 23.2 Å². The lowest BCUT2D eigenvalue weighted by Crippen LogP contribution is -2.32. The van der Waals surface area contributed by atoms with E-state index >= 15 is 0 Å². The van der Waals surface area contributed by atoms with Gasteiger partial charge in [0.1, 0.15) is 18.2 Å². The SMILES string of the molecule is N#C/C(=C\c1cc(Cl)c(OCc2ccc(C(=O)O)cc2)c(Cl)c1)C(=O)NC[C@H]1CCCO1. The number of carboxylic acids is 1. The second-order valence-electron chi connectivity index (χ2n) is 7.12. The van der Waals surface area contributed by atoms with Crippen LogP contribution in [0.1, 0.15) is 34.3 Å². The molecule has 1 aliphatic heterocycles. The standard InChI is InChI=1S/C23H20Cl2N2O5/c24-19-9-15(8-17(11-26)22(28)27-12-18-2-1-7-31-18)10-20(25)21(19)32-13-14-3-5-16(6-4-14)23(29)30/h3-6,8-10,18H,1-2,7,12-13H2,(H,27,28)(H,29,30)/b17-8+/t18-/m1/s1. The predicted molar refractivity (Wildman–Crippen MR) is 120 cm³/mol. The Bertz CT molecular complexity index is 1050. The lowest BCUT2D eigenvalue weighted by Gasteiger charge is -2.12. The topological polar surface area (TPSA) is 109 Å². The largest absolute Gasteiger partial charge is 0.486 e.